The minimum atomic E-state index is 0.417. The van der Waals surface area contributed by atoms with Gasteiger partial charge in [0.2, 0.25) is 0 Å². The van der Waals surface area contributed by atoms with Crippen LogP contribution in [0.3, 0.4) is 0 Å². The second-order valence-corrected chi connectivity index (χ2v) is 5.10. The van der Waals surface area contributed by atoms with Crippen molar-refractivity contribution in [1.29, 1.82) is 0 Å². The average molecular weight is 233 g/mol. The van der Waals surface area contributed by atoms with Crippen LogP contribution in [0.4, 0.5) is 0 Å². The fourth-order valence-corrected chi connectivity index (χ4v) is 2.47. The maximum atomic E-state index is 5.55. The first kappa shape index (κ1) is 12.6. The maximum absolute atomic E-state index is 5.55. The molecule has 2 atom stereocenters. The van der Waals surface area contributed by atoms with Crippen LogP contribution >= 0.6 is 0 Å². The van der Waals surface area contributed by atoms with E-state index < -0.39 is 0 Å². The van der Waals surface area contributed by atoms with Gasteiger partial charge in [-0.05, 0) is 45.2 Å². The molecule has 94 valence electrons. The van der Waals surface area contributed by atoms with Crippen molar-refractivity contribution >= 4 is 0 Å². The molecule has 0 saturated carbocycles. The molecule has 2 rings (SSSR count). The van der Waals surface area contributed by atoms with Gasteiger partial charge in [0.15, 0.2) is 0 Å². The van der Waals surface area contributed by atoms with E-state index in [-0.39, 0.29) is 0 Å². The predicted molar refractivity (Wildman–Crippen MR) is 71.3 cm³/mol. The van der Waals surface area contributed by atoms with Gasteiger partial charge in [0.1, 0.15) is 0 Å². The third-order valence-corrected chi connectivity index (χ3v) is 3.41. The molecular weight excluding hydrogens is 210 g/mol. The average Bonchev–Trinajstić information content (AvgIpc) is 2.29. The van der Waals surface area contributed by atoms with E-state index in [1.807, 2.05) is 0 Å². The van der Waals surface area contributed by atoms with Gasteiger partial charge in [0.05, 0.1) is 6.10 Å². The summed E-state index contributed by atoms with van der Waals surface area (Å²) in [6.45, 7) is 6.29. The Hall–Kier alpha value is -0.860. The van der Waals surface area contributed by atoms with Crippen LogP contribution in [-0.2, 0) is 11.2 Å². The second-order valence-electron chi connectivity index (χ2n) is 5.10. The molecule has 1 N–H and O–H groups in total. The van der Waals surface area contributed by atoms with Gasteiger partial charge in [-0.1, -0.05) is 29.8 Å². The molecule has 0 aliphatic carbocycles. The van der Waals surface area contributed by atoms with Gasteiger partial charge < -0.3 is 10.1 Å². The Kier molecular flexibility index (Phi) is 4.57. The van der Waals surface area contributed by atoms with Gasteiger partial charge in [-0.15, -0.1) is 0 Å². The summed E-state index contributed by atoms with van der Waals surface area (Å²) < 4.78 is 5.55. The van der Waals surface area contributed by atoms with Crippen LogP contribution in [0.5, 0.6) is 0 Å². The van der Waals surface area contributed by atoms with Crippen molar-refractivity contribution in [1.82, 2.24) is 5.32 Å². The molecule has 2 nitrogen and oxygen atoms in total. The van der Waals surface area contributed by atoms with Crippen molar-refractivity contribution in [2.75, 3.05) is 13.2 Å². The van der Waals surface area contributed by atoms with Crippen LogP contribution in [-0.4, -0.2) is 25.3 Å². The smallest absolute Gasteiger partial charge is 0.0561 e. The zero-order valence-electron chi connectivity index (χ0n) is 10.9. The first-order valence-corrected chi connectivity index (χ1v) is 6.64. The van der Waals surface area contributed by atoms with Crippen LogP contribution in [0.25, 0.3) is 0 Å². The lowest BCUT2D eigenvalue weighted by atomic mass is 10.0. The van der Waals surface area contributed by atoms with Gasteiger partial charge in [0, 0.05) is 12.6 Å². The third kappa shape index (κ3) is 4.14. The van der Waals surface area contributed by atoms with Crippen molar-refractivity contribution in [3.8, 4) is 0 Å². The molecular formula is C15H23NO. The van der Waals surface area contributed by atoms with Gasteiger partial charge in [-0.3, -0.25) is 0 Å². The summed E-state index contributed by atoms with van der Waals surface area (Å²) in [6.07, 6.45) is 3.83. The zero-order chi connectivity index (χ0) is 12.1. The number of rotatable bonds is 4. The number of hydrogen-bond donors (Lipinski definition) is 1. The molecule has 0 bridgehead atoms. The van der Waals surface area contributed by atoms with E-state index in [2.05, 4.69) is 43.4 Å². The van der Waals surface area contributed by atoms with E-state index >= 15 is 0 Å². The monoisotopic (exact) mass is 233 g/mol. The SMILES string of the molecule is Cc1cccc(CCNC2CCOC(C)C2)c1. The lowest BCUT2D eigenvalue weighted by Gasteiger charge is -2.28. The lowest BCUT2D eigenvalue weighted by molar-refractivity contribution is 0.0135. The molecule has 1 fully saturated rings. The molecule has 17 heavy (non-hydrogen) atoms. The zero-order valence-corrected chi connectivity index (χ0v) is 10.9. The quantitative estimate of drug-likeness (QED) is 0.863. The Labute approximate surface area is 104 Å². The number of ether oxygens (including phenoxy) is 1. The number of nitrogens with one attached hydrogen (secondary N) is 1. The first-order valence-electron chi connectivity index (χ1n) is 6.64. The third-order valence-electron chi connectivity index (χ3n) is 3.41. The normalized spacial score (nSPS) is 24.8. The van der Waals surface area contributed by atoms with E-state index in [0.29, 0.717) is 12.1 Å². The van der Waals surface area contributed by atoms with Crippen molar-refractivity contribution < 1.29 is 4.74 Å². The van der Waals surface area contributed by atoms with E-state index in [0.717, 1.165) is 32.4 Å². The summed E-state index contributed by atoms with van der Waals surface area (Å²) in [7, 11) is 0. The summed E-state index contributed by atoms with van der Waals surface area (Å²) >= 11 is 0. The molecule has 1 aliphatic rings. The largest absolute Gasteiger partial charge is 0.378 e. The molecule has 1 aromatic carbocycles. The minimum absolute atomic E-state index is 0.417. The van der Waals surface area contributed by atoms with Crippen molar-refractivity contribution in [2.45, 2.75) is 45.3 Å². The fourth-order valence-electron chi connectivity index (χ4n) is 2.47. The maximum Gasteiger partial charge on any atom is 0.0561 e. The van der Waals surface area contributed by atoms with E-state index in [4.69, 9.17) is 4.74 Å². The van der Waals surface area contributed by atoms with Crippen molar-refractivity contribution in [3.05, 3.63) is 35.4 Å². The highest BCUT2D eigenvalue weighted by molar-refractivity contribution is 5.22. The lowest BCUT2D eigenvalue weighted by Crippen LogP contribution is -2.38. The Morgan fingerprint density at radius 2 is 2.29 bits per heavy atom. The van der Waals surface area contributed by atoms with Crippen molar-refractivity contribution in [2.24, 2.45) is 0 Å². The first-order chi connectivity index (χ1) is 8.24. The van der Waals surface area contributed by atoms with Gasteiger partial charge in [-0.25, -0.2) is 0 Å². The van der Waals surface area contributed by atoms with Gasteiger partial charge in [-0.2, -0.15) is 0 Å². The minimum Gasteiger partial charge on any atom is -0.378 e. The topological polar surface area (TPSA) is 21.3 Å². The standard InChI is InChI=1S/C15H23NO/c1-12-4-3-5-14(10-12)6-8-16-15-7-9-17-13(2)11-15/h3-5,10,13,15-16H,6-9,11H2,1-2H3. The molecule has 1 aromatic rings. The molecule has 2 heteroatoms. The Morgan fingerprint density at radius 1 is 1.41 bits per heavy atom. The van der Waals surface area contributed by atoms with Gasteiger partial charge >= 0.3 is 0 Å². The summed E-state index contributed by atoms with van der Waals surface area (Å²) in [5.74, 6) is 0. The second kappa shape index (κ2) is 6.18. The highest BCUT2D eigenvalue weighted by atomic mass is 16.5. The van der Waals surface area contributed by atoms with E-state index in [9.17, 15) is 0 Å². The Balaban J connectivity index is 1.72. The number of benzene rings is 1. The fraction of sp³-hybridized carbons (Fsp3) is 0.600. The highest BCUT2D eigenvalue weighted by Crippen LogP contribution is 2.13. The predicted octanol–water partition coefficient (Wildman–Crippen LogP) is 2.69. The summed E-state index contributed by atoms with van der Waals surface area (Å²) in [5.41, 5.74) is 2.78. The molecule has 1 aliphatic heterocycles. The summed E-state index contributed by atoms with van der Waals surface area (Å²) in [4.78, 5) is 0. The highest BCUT2D eigenvalue weighted by Gasteiger charge is 2.18. The molecule has 0 aromatic heterocycles. The van der Waals surface area contributed by atoms with Crippen LogP contribution in [0, 0.1) is 6.92 Å². The molecule has 1 heterocycles. The van der Waals surface area contributed by atoms with E-state index in [1.165, 1.54) is 11.1 Å². The Morgan fingerprint density at radius 3 is 3.06 bits per heavy atom. The number of aryl methyl sites for hydroxylation is 1. The Bertz CT molecular complexity index is 351. The van der Waals surface area contributed by atoms with E-state index in [1.54, 1.807) is 0 Å². The van der Waals surface area contributed by atoms with Crippen LogP contribution in [0.15, 0.2) is 24.3 Å². The van der Waals surface area contributed by atoms with Crippen LogP contribution in [0.2, 0.25) is 0 Å². The molecule has 0 spiro atoms. The van der Waals surface area contributed by atoms with Crippen LogP contribution < -0.4 is 5.32 Å². The molecule has 0 radical (unpaired) electrons. The summed E-state index contributed by atoms with van der Waals surface area (Å²) in [5, 5.41) is 3.64. The number of hydrogen-bond acceptors (Lipinski definition) is 2. The van der Waals surface area contributed by atoms with Crippen LogP contribution in [0.1, 0.15) is 30.9 Å². The molecule has 2 unspecified atom stereocenters. The molecule has 0 amide bonds. The van der Waals surface area contributed by atoms with Gasteiger partial charge in [0.25, 0.3) is 0 Å². The molecule has 1 saturated heterocycles. The van der Waals surface area contributed by atoms with Crippen molar-refractivity contribution in [3.63, 3.8) is 0 Å². The summed E-state index contributed by atoms with van der Waals surface area (Å²) in [6, 6.07) is 9.41.